The standard InChI is InChI=1S/C15H11FN2O2S/c1-9-7-21-14-13(9)17-8-18(15(14)20)6-12(19)10-3-2-4-11(16)5-10/h2-5,7-8H,6H2,1H3. The minimum absolute atomic E-state index is 0.151. The third-order valence-corrected chi connectivity index (χ3v) is 4.26. The first kappa shape index (κ1) is 13.6. The van der Waals surface area contributed by atoms with E-state index in [-0.39, 0.29) is 23.5 Å². The van der Waals surface area contributed by atoms with E-state index in [1.165, 1.54) is 40.4 Å². The fourth-order valence-electron chi connectivity index (χ4n) is 2.08. The largest absolute Gasteiger partial charge is 0.292 e. The number of thiophene rings is 1. The molecule has 3 aromatic rings. The van der Waals surface area contributed by atoms with Crippen LogP contribution in [0.2, 0.25) is 0 Å². The van der Waals surface area contributed by atoms with Gasteiger partial charge in [-0.05, 0) is 30.0 Å². The van der Waals surface area contributed by atoms with Crippen LogP contribution in [0.25, 0.3) is 10.2 Å². The number of aromatic nitrogens is 2. The Bertz CT molecular complexity index is 898. The second kappa shape index (κ2) is 5.21. The molecule has 0 fully saturated rings. The highest BCUT2D eigenvalue weighted by Gasteiger charge is 2.12. The van der Waals surface area contributed by atoms with Crippen molar-refractivity contribution in [3.05, 3.63) is 63.3 Å². The number of nitrogens with zero attached hydrogens (tertiary/aromatic N) is 2. The highest BCUT2D eigenvalue weighted by Crippen LogP contribution is 2.19. The summed E-state index contributed by atoms with van der Waals surface area (Å²) in [5.41, 5.74) is 1.60. The van der Waals surface area contributed by atoms with Gasteiger partial charge in [0.15, 0.2) is 5.78 Å². The SMILES string of the molecule is Cc1csc2c(=O)n(CC(=O)c3cccc(F)c3)cnc12. The minimum atomic E-state index is -0.476. The molecule has 0 radical (unpaired) electrons. The summed E-state index contributed by atoms with van der Waals surface area (Å²) in [6, 6.07) is 5.42. The maximum absolute atomic E-state index is 13.1. The van der Waals surface area contributed by atoms with Crippen molar-refractivity contribution in [3.63, 3.8) is 0 Å². The molecule has 0 saturated heterocycles. The Morgan fingerprint density at radius 2 is 2.24 bits per heavy atom. The first-order chi connectivity index (χ1) is 10.1. The zero-order valence-corrected chi connectivity index (χ0v) is 12.0. The van der Waals surface area contributed by atoms with Crippen molar-refractivity contribution >= 4 is 27.3 Å². The summed E-state index contributed by atoms with van der Waals surface area (Å²) in [6.45, 7) is 1.73. The number of hydrogen-bond donors (Lipinski definition) is 0. The van der Waals surface area contributed by atoms with Crippen LogP contribution in [-0.4, -0.2) is 15.3 Å². The lowest BCUT2D eigenvalue weighted by molar-refractivity contribution is 0.0970. The van der Waals surface area contributed by atoms with Gasteiger partial charge in [0, 0.05) is 5.56 Å². The molecular formula is C15H11FN2O2S. The van der Waals surface area contributed by atoms with Gasteiger partial charge in [-0.25, -0.2) is 9.37 Å². The van der Waals surface area contributed by atoms with E-state index >= 15 is 0 Å². The van der Waals surface area contributed by atoms with Crippen molar-refractivity contribution < 1.29 is 9.18 Å². The Morgan fingerprint density at radius 3 is 3.00 bits per heavy atom. The van der Waals surface area contributed by atoms with Crippen LogP contribution in [0.15, 0.2) is 40.8 Å². The average molecular weight is 302 g/mol. The monoisotopic (exact) mass is 302 g/mol. The number of aryl methyl sites for hydroxylation is 1. The van der Waals surface area contributed by atoms with Gasteiger partial charge in [-0.15, -0.1) is 11.3 Å². The summed E-state index contributed by atoms with van der Waals surface area (Å²) in [5.74, 6) is -0.804. The van der Waals surface area contributed by atoms with Crippen LogP contribution >= 0.6 is 11.3 Å². The van der Waals surface area contributed by atoms with E-state index in [0.717, 1.165) is 11.6 Å². The van der Waals surface area contributed by atoms with E-state index in [0.29, 0.717) is 10.2 Å². The summed E-state index contributed by atoms with van der Waals surface area (Å²) in [5, 5.41) is 1.86. The lowest BCUT2D eigenvalue weighted by Gasteiger charge is -2.05. The molecule has 0 bridgehead atoms. The Hall–Kier alpha value is -2.34. The van der Waals surface area contributed by atoms with E-state index in [4.69, 9.17) is 0 Å². The molecule has 6 heteroatoms. The highest BCUT2D eigenvalue weighted by atomic mass is 32.1. The van der Waals surface area contributed by atoms with Crippen molar-refractivity contribution in [3.8, 4) is 0 Å². The van der Waals surface area contributed by atoms with E-state index in [1.54, 1.807) is 0 Å². The topological polar surface area (TPSA) is 52.0 Å². The Balaban J connectivity index is 1.97. The molecule has 21 heavy (non-hydrogen) atoms. The number of carbonyl (C=O) groups is 1. The van der Waals surface area contributed by atoms with Gasteiger partial charge < -0.3 is 0 Å². The average Bonchev–Trinajstić information content (AvgIpc) is 2.84. The van der Waals surface area contributed by atoms with Crippen LogP contribution in [0.4, 0.5) is 4.39 Å². The molecule has 0 aliphatic carbocycles. The number of benzene rings is 1. The zero-order valence-electron chi connectivity index (χ0n) is 11.2. The maximum Gasteiger partial charge on any atom is 0.271 e. The Kier molecular flexibility index (Phi) is 3.39. The molecule has 0 unspecified atom stereocenters. The number of fused-ring (bicyclic) bond motifs is 1. The van der Waals surface area contributed by atoms with Crippen molar-refractivity contribution in [2.24, 2.45) is 0 Å². The molecule has 0 aliphatic rings. The van der Waals surface area contributed by atoms with E-state index in [2.05, 4.69) is 4.98 Å². The summed E-state index contributed by atoms with van der Waals surface area (Å²) < 4.78 is 14.9. The molecule has 0 N–H and O–H groups in total. The molecule has 0 aliphatic heterocycles. The normalized spacial score (nSPS) is 11.0. The van der Waals surface area contributed by atoms with Crippen molar-refractivity contribution in [1.82, 2.24) is 9.55 Å². The van der Waals surface area contributed by atoms with E-state index in [9.17, 15) is 14.0 Å². The predicted octanol–water partition coefficient (Wildman–Crippen LogP) is 2.79. The number of ketones is 1. The smallest absolute Gasteiger partial charge is 0.271 e. The first-order valence-electron chi connectivity index (χ1n) is 6.28. The third kappa shape index (κ3) is 2.50. The molecule has 0 atom stereocenters. The number of halogens is 1. The van der Waals surface area contributed by atoms with Crippen molar-refractivity contribution in [2.45, 2.75) is 13.5 Å². The van der Waals surface area contributed by atoms with Crippen LogP contribution in [0, 0.1) is 12.7 Å². The van der Waals surface area contributed by atoms with Gasteiger partial charge in [0.25, 0.3) is 5.56 Å². The van der Waals surface area contributed by atoms with Gasteiger partial charge in [-0.1, -0.05) is 12.1 Å². The number of Topliss-reactive ketones (excluding diaryl/α,β-unsaturated/α-hetero) is 1. The lowest BCUT2D eigenvalue weighted by atomic mass is 10.1. The lowest BCUT2D eigenvalue weighted by Crippen LogP contribution is -2.24. The highest BCUT2D eigenvalue weighted by molar-refractivity contribution is 7.17. The molecule has 0 amide bonds. The molecule has 4 nitrogen and oxygen atoms in total. The second-order valence-electron chi connectivity index (χ2n) is 4.71. The molecule has 106 valence electrons. The second-order valence-corrected chi connectivity index (χ2v) is 5.59. The maximum atomic E-state index is 13.1. The summed E-state index contributed by atoms with van der Waals surface area (Å²) >= 11 is 1.31. The molecule has 1 aromatic carbocycles. The van der Waals surface area contributed by atoms with Gasteiger partial charge in [0.05, 0.1) is 18.4 Å². The van der Waals surface area contributed by atoms with Crippen LogP contribution in [0.1, 0.15) is 15.9 Å². The molecule has 2 heterocycles. The summed E-state index contributed by atoms with van der Waals surface area (Å²) in [6.07, 6.45) is 1.36. The summed E-state index contributed by atoms with van der Waals surface area (Å²) in [7, 11) is 0. The zero-order chi connectivity index (χ0) is 15.0. The van der Waals surface area contributed by atoms with Crippen LogP contribution in [-0.2, 0) is 6.54 Å². The van der Waals surface area contributed by atoms with Gasteiger partial charge in [0.2, 0.25) is 0 Å². The quantitative estimate of drug-likeness (QED) is 0.699. The van der Waals surface area contributed by atoms with E-state index in [1.807, 2.05) is 12.3 Å². The van der Waals surface area contributed by atoms with E-state index < -0.39 is 5.82 Å². The molecule has 0 spiro atoms. The Labute approximate surface area is 123 Å². The molecular weight excluding hydrogens is 291 g/mol. The number of carbonyl (C=O) groups excluding carboxylic acids is 1. The van der Waals surface area contributed by atoms with Gasteiger partial charge >= 0.3 is 0 Å². The van der Waals surface area contributed by atoms with Gasteiger partial charge in [0.1, 0.15) is 10.5 Å². The van der Waals surface area contributed by atoms with Crippen molar-refractivity contribution in [2.75, 3.05) is 0 Å². The molecule has 2 aromatic heterocycles. The van der Waals surface area contributed by atoms with Gasteiger partial charge in [-0.2, -0.15) is 0 Å². The number of rotatable bonds is 3. The third-order valence-electron chi connectivity index (χ3n) is 3.18. The molecule has 3 rings (SSSR count). The van der Waals surface area contributed by atoms with Crippen LogP contribution in [0.3, 0.4) is 0 Å². The fourth-order valence-corrected chi connectivity index (χ4v) is 3.03. The number of hydrogen-bond acceptors (Lipinski definition) is 4. The Morgan fingerprint density at radius 1 is 1.43 bits per heavy atom. The van der Waals surface area contributed by atoms with Crippen molar-refractivity contribution in [1.29, 1.82) is 0 Å². The first-order valence-corrected chi connectivity index (χ1v) is 7.16. The minimum Gasteiger partial charge on any atom is -0.292 e. The fraction of sp³-hybridized carbons (Fsp3) is 0.133. The van der Waals surface area contributed by atoms with Crippen LogP contribution in [0.5, 0.6) is 0 Å². The molecule has 0 saturated carbocycles. The predicted molar refractivity (Wildman–Crippen MR) is 79.3 cm³/mol. The van der Waals surface area contributed by atoms with Gasteiger partial charge in [-0.3, -0.25) is 14.2 Å². The van der Waals surface area contributed by atoms with Crippen LogP contribution < -0.4 is 5.56 Å². The summed E-state index contributed by atoms with van der Waals surface area (Å²) in [4.78, 5) is 28.6.